The van der Waals surface area contributed by atoms with E-state index in [-0.39, 0.29) is 0 Å². The molecule has 0 saturated heterocycles. The fourth-order valence-corrected chi connectivity index (χ4v) is 2.27. The van der Waals surface area contributed by atoms with Crippen molar-refractivity contribution in [2.24, 2.45) is 0 Å². The lowest BCUT2D eigenvalue weighted by molar-refractivity contribution is 0.313. The summed E-state index contributed by atoms with van der Waals surface area (Å²) >= 11 is 0. The van der Waals surface area contributed by atoms with Crippen LogP contribution in [0.5, 0.6) is 5.75 Å². The Hall–Kier alpha value is -1.28. The van der Waals surface area contributed by atoms with E-state index in [4.69, 9.17) is 0 Å². The van der Waals surface area contributed by atoms with Gasteiger partial charge in [-0.1, -0.05) is 32.1 Å². The number of phenols is 1. The van der Waals surface area contributed by atoms with Crippen LogP contribution in [0, 0.1) is 5.92 Å². The molecule has 1 aromatic carbocycles. The summed E-state index contributed by atoms with van der Waals surface area (Å²) < 4.78 is 0. The lowest BCUT2D eigenvalue weighted by Crippen LogP contribution is -2.31. The first-order valence-electron chi connectivity index (χ1n) is 6.15. The normalized spacial score (nSPS) is 17.2. The lowest BCUT2D eigenvalue weighted by atomic mass is 9.99. The minimum Gasteiger partial charge on any atom is -0.508 e. The topological polar surface area (TPSA) is 23.5 Å². The molecule has 1 aliphatic heterocycles. The largest absolute Gasteiger partial charge is 0.508 e. The first-order chi connectivity index (χ1) is 8.15. The predicted molar refractivity (Wildman–Crippen MR) is 71.7 cm³/mol. The predicted octanol–water partition coefficient (Wildman–Crippen LogP) is 3.10. The molecule has 1 radical (unpaired) electrons. The molecule has 0 spiro atoms. The second-order valence-corrected chi connectivity index (χ2v) is 4.97. The standard InChI is InChI=1S/C15H20NO/c1-12(2)11-16-8-6-13(7-9-16)14-4-3-5-15(17)10-14/h3-6,10,17H,7-9,11H2,1-2H3. The Labute approximate surface area is 104 Å². The van der Waals surface area contributed by atoms with Gasteiger partial charge in [-0.15, -0.1) is 0 Å². The summed E-state index contributed by atoms with van der Waals surface area (Å²) in [6.07, 6.45) is 3.35. The molecule has 0 atom stereocenters. The first kappa shape index (κ1) is 12.2. The highest BCUT2D eigenvalue weighted by Crippen LogP contribution is 2.25. The van der Waals surface area contributed by atoms with Gasteiger partial charge in [-0.05, 0) is 35.6 Å². The summed E-state index contributed by atoms with van der Waals surface area (Å²) in [5, 5.41) is 9.47. The summed E-state index contributed by atoms with van der Waals surface area (Å²) in [7, 11) is 0. The Balaban J connectivity index is 2.03. The summed E-state index contributed by atoms with van der Waals surface area (Å²) in [6.45, 7) is 7.55. The summed E-state index contributed by atoms with van der Waals surface area (Å²) in [5.41, 5.74) is 2.51. The molecule has 0 aliphatic carbocycles. The number of nitrogens with zero attached hydrogens (tertiary/aromatic N) is 1. The number of benzene rings is 1. The van der Waals surface area contributed by atoms with Crippen LogP contribution >= 0.6 is 0 Å². The Kier molecular flexibility index (Phi) is 3.85. The smallest absolute Gasteiger partial charge is 0.116 e. The van der Waals surface area contributed by atoms with Gasteiger partial charge in [0, 0.05) is 19.6 Å². The van der Waals surface area contributed by atoms with Gasteiger partial charge >= 0.3 is 0 Å². The van der Waals surface area contributed by atoms with Crippen LogP contribution in [-0.4, -0.2) is 29.6 Å². The SMILES string of the molecule is C[C](C)CN1CC=C(c2cccc(O)c2)CC1. The molecular formula is C15H20NO. The molecule has 91 valence electrons. The first-order valence-corrected chi connectivity index (χ1v) is 6.15. The monoisotopic (exact) mass is 230 g/mol. The van der Waals surface area contributed by atoms with Crippen LogP contribution in [0.2, 0.25) is 0 Å². The summed E-state index contributed by atoms with van der Waals surface area (Å²) in [5.74, 6) is 1.81. The van der Waals surface area contributed by atoms with E-state index < -0.39 is 0 Å². The second kappa shape index (κ2) is 5.37. The highest BCUT2D eigenvalue weighted by atomic mass is 16.3. The van der Waals surface area contributed by atoms with E-state index in [0.29, 0.717) is 5.75 Å². The van der Waals surface area contributed by atoms with Crippen molar-refractivity contribution in [2.45, 2.75) is 20.3 Å². The van der Waals surface area contributed by atoms with Crippen LogP contribution in [0.4, 0.5) is 0 Å². The molecule has 0 fully saturated rings. The number of phenolic OH excluding ortho intramolecular Hbond substituents is 1. The van der Waals surface area contributed by atoms with Crippen LogP contribution in [0.25, 0.3) is 5.57 Å². The van der Waals surface area contributed by atoms with E-state index in [1.807, 2.05) is 12.1 Å². The van der Waals surface area contributed by atoms with Gasteiger partial charge in [-0.3, -0.25) is 4.90 Å². The van der Waals surface area contributed by atoms with Crippen molar-refractivity contribution < 1.29 is 5.11 Å². The van der Waals surface area contributed by atoms with Crippen molar-refractivity contribution in [3.63, 3.8) is 0 Å². The van der Waals surface area contributed by atoms with Crippen LogP contribution in [-0.2, 0) is 0 Å². The van der Waals surface area contributed by atoms with E-state index in [2.05, 4.69) is 30.9 Å². The number of aromatic hydroxyl groups is 1. The highest BCUT2D eigenvalue weighted by molar-refractivity contribution is 5.67. The third kappa shape index (κ3) is 3.34. The van der Waals surface area contributed by atoms with E-state index in [0.717, 1.165) is 31.6 Å². The summed E-state index contributed by atoms with van der Waals surface area (Å²) in [6, 6.07) is 7.54. The van der Waals surface area contributed by atoms with Crippen molar-refractivity contribution in [3.8, 4) is 5.75 Å². The number of hydrogen-bond acceptors (Lipinski definition) is 2. The van der Waals surface area contributed by atoms with Gasteiger partial charge in [0.1, 0.15) is 5.75 Å². The maximum absolute atomic E-state index is 9.47. The molecule has 1 aliphatic rings. The molecule has 17 heavy (non-hydrogen) atoms. The third-order valence-electron chi connectivity index (χ3n) is 3.05. The van der Waals surface area contributed by atoms with Crippen molar-refractivity contribution >= 4 is 5.57 Å². The Bertz CT molecular complexity index is 409. The number of rotatable bonds is 3. The van der Waals surface area contributed by atoms with Gasteiger partial charge in [0.15, 0.2) is 0 Å². The lowest BCUT2D eigenvalue weighted by Gasteiger charge is -2.27. The van der Waals surface area contributed by atoms with Gasteiger partial charge in [0.2, 0.25) is 0 Å². The van der Waals surface area contributed by atoms with Gasteiger partial charge in [0.25, 0.3) is 0 Å². The van der Waals surface area contributed by atoms with E-state index in [9.17, 15) is 5.11 Å². The van der Waals surface area contributed by atoms with Gasteiger partial charge in [-0.2, -0.15) is 0 Å². The van der Waals surface area contributed by atoms with Crippen molar-refractivity contribution in [1.82, 2.24) is 4.90 Å². The third-order valence-corrected chi connectivity index (χ3v) is 3.05. The van der Waals surface area contributed by atoms with Crippen LogP contribution < -0.4 is 0 Å². The van der Waals surface area contributed by atoms with Crippen LogP contribution in [0.3, 0.4) is 0 Å². The average Bonchev–Trinajstić information content (AvgIpc) is 2.29. The van der Waals surface area contributed by atoms with E-state index in [1.165, 1.54) is 11.5 Å². The Morgan fingerprint density at radius 3 is 2.76 bits per heavy atom. The molecule has 0 unspecified atom stereocenters. The molecule has 2 rings (SSSR count). The highest BCUT2D eigenvalue weighted by Gasteiger charge is 2.13. The van der Waals surface area contributed by atoms with E-state index in [1.54, 1.807) is 6.07 Å². The van der Waals surface area contributed by atoms with Gasteiger partial charge in [-0.25, -0.2) is 0 Å². The average molecular weight is 230 g/mol. The molecule has 0 aromatic heterocycles. The Morgan fingerprint density at radius 1 is 1.35 bits per heavy atom. The zero-order valence-electron chi connectivity index (χ0n) is 10.6. The fraction of sp³-hybridized carbons (Fsp3) is 0.400. The van der Waals surface area contributed by atoms with Crippen molar-refractivity contribution in [2.75, 3.05) is 19.6 Å². The minimum absolute atomic E-state index is 0.351. The maximum atomic E-state index is 9.47. The van der Waals surface area contributed by atoms with Crippen LogP contribution in [0.15, 0.2) is 30.3 Å². The van der Waals surface area contributed by atoms with Gasteiger partial charge in [0.05, 0.1) is 0 Å². The molecular weight excluding hydrogens is 210 g/mol. The van der Waals surface area contributed by atoms with Gasteiger partial charge < -0.3 is 5.11 Å². The zero-order chi connectivity index (χ0) is 12.3. The number of hydrogen-bond donors (Lipinski definition) is 1. The molecule has 2 nitrogen and oxygen atoms in total. The molecule has 1 aromatic rings. The maximum Gasteiger partial charge on any atom is 0.116 e. The molecule has 2 heteroatoms. The molecule has 1 heterocycles. The summed E-state index contributed by atoms with van der Waals surface area (Å²) in [4.78, 5) is 2.45. The molecule has 0 bridgehead atoms. The zero-order valence-corrected chi connectivity index (χ0v) is 10.6. The van der Waals surface area contributed by atoms with Crippen molar-refractivity contribution in [1.29, 1.82) is 0 Å². The molecule has 0 saturated carbocycles. The van der Waals surface area contributed by atoms with E-state index >= 15 is 0 Å². The second-order valence-electron chi connectivity index (χ2n) is 4.97. The van der Waals surface area contributed by atoms with Crippen LogP contribution in [0.1, 0.15) is 25.8 Å². The molecule has 1 N–H and O–H groups in total. The Morgan fingerprint density at radius 2 is 2.18 bits per heavy atom. The van der Waals surface area contributed by atoms with Crippen molar-refractivity contribution in [3.05, 3.63) is 41.8 Å². The quantitative estimate of drug-likeness (QED) is 0.862. The minimum atomic E-state index is 0.351. The molecule has 0 amide bonds. The fourth-order valence-electron chi connectivity index (χ4n) is 2.27.